The first kappa shape index (κ1) is 11.4. The van der Waals surface area contributed by atoms with Crippen LogP contribution in [0.3, 0.4) is 0 Å². The third-order valence-electron chi connectivity index (χ3n) is 2.74. The van der Waals surface area contributed by atoms with Gasteiger partial charge in [0.25, 0.3) is 5.56 Å². The highest BCUT2D eigenvalue weighted by molar-refractivity contribution is 5.87. The number of aryl methyl sites for hydroxylation is 2. The predicted octanol–water partition coefficient (Wildman–Crippen LogP) is 1.26. The summed E-state index contributed by atoms with van der Waals surface area (Å²) in [6.45, 7) is 1.85. The van der Waals surface area contributed by atoms with Crippen LogP contribution in [0.4, 0.5) is 0 Å². The number of nitrogens with zero attached hydrogens (tertiary/aromatic N) is 2. The number of fused-ring (bicyclic) bond motifs is 1. The molecule has 0 amide bonds. The summed E-state index contributed by atoms with van der Waals surface area (Å²) in [5.41, 5.74) is 0.634. The van der Waals surface area contributed by atoms with E-state index in [0.717, 1.165) is 11.1 Å². The zero-order valence-corrected chi connectivity index (χ0v) is 10.3. The molecule has 5 nitrogen and oxygen atoms in total. The maximum atomic E-state index is 12.0. The van der Waals surface area contributed by atoms with Gasteiger partial charge in [-0.15, -0.1) is 0 Å². The first-order valence-electron chi connectivity index (χ1n) is 5.18. The SMILES string of the molecule is COc1cc2c(C)nn(C)c(=O)c2cc1OC. The molecule has 0 aliphatic rings. The number of rotatable bonds is 2. The van der Waals surface area contributed by atoms with Gasteiger partial charge in [-0.3, -0.25) is 4.79 Å². The highest BCUT2D eigenvalue weighted by Gasteiger charge is 2.11. The van der Waals surface area contributed by atoms with Crippen molar-refractivity contribution in [1.82, 2.24) is 9.78 Å². The average Bonchev–Trinajstić information content (AvgIpc) is 2.34. The van der Waals surface area contributed by atoms with Crippen molar-refractivity contribution in [3.05, 3.63) is 28.2 Å². The van der Waals surface area contributed by atoms with E-state index in [1.165, 1.54) is 4.68 Å². The van der Waals surface area contributed by atoms with E-state index in [-0.39, 0.29) is 5.56 Å². The van der Waals surface area contributed by atoms with Gasteiger partial charge in [0.05, 0.1) is 25.3 Å². The number of hydrogen-bond donors (Lipinski definition) is 0. The molecule has 0 aliphatic heterocycles. The van der Waals surface area contributed by atoms with Crippen LogP contribution < -0.4 is 15.0 Å². The van der Waals surface area contributed by atoms with Crippen LogP contribution in [0.15, 0.2) is 16.9 Å². The van der Waals surface area contributed by atoms with Crippen LogP contribution in [0.25, 0.3) is 10.8 Å². The van der Waals surface area contributed by atoms with E-state index in [1.807, 2.05) is 6.92 Å². The lowest BCUT2D eigenvalue weighted by Gasteiger charge is -2.10. The zero-order valence-electron chi connectivity index (χ0n) is 10.3. The Hall–Kier alpha value is -2.04. The molecule has 5 heteroatoms. The second-order valence-electron chi connectivity index (χ2n) is 3.77. The molecule has 1 heterocycles. The van der Waals surface area contributed by atoms with Crippen LogP contribution in [0.5, 0.6) is 11.5 Å². The Kier molecular flexibility index (Phi) is 2.75. The molecule has 0 bridgehead atoms. The Bertz CT molecular complexity index is 632. The van der Waals surface area contributed by atoms with E-state index in [1.54, 1.807) is 33.4 Å². The topological polar surface area (TPSA) is 53.4 Å². The lowest BCUT2D eigenvalue weighted by molar-refractivity contribution is 0.355. The second-order valence-corrected chi connectivity index (χ2v) is 3.77. The first-order valence-corrected chi connectivity index (χ1v) is 5.18. The predicted molar refractivity (Wildman–Crippen MR) is 64.8 cm³/mol. The molecule has 0 atom stereocenters. The molecule has 0 N–H and O–H groups in total. The number of ether oxygens (including phenoxy) is 2. The summed E-state index contributed by atoms with van der Waals surface area (Å²) in [5.74, 6) is 1.14. The summed E-state index contributed by atoms with van der Waals surface area (Å²) < 4.78 is 11.7. The first-order chi connectivity index (χ1) is 8.08. The molecular weight excluding hydrogens is 220 g/mol. The van der Waals surface area contributed by atoms with Gasteiger partial charge < -0.3 is 9.47 Å². The van der Waals surface area contributed by atoms with Gasteiger partial charge in [-0.05, 0) is 19.1 Å². The van der Waals surface area contributed by atoms with E-state index in [0.29, 0.717) is 16.9 Å². The van der Waals surface area contributed by atoms with E-state index < -0.39 is 0 Å². The molecule has 0 radical (unpaired) electrons. The van der Waals surface area contributed by atoms with Crippen LogP contribution in [0.2, 0.25) is 0 Å². The van der Waals surface area contributed by atoms with Gasteiger partial charge in [0.15, 0.2) is 11.5 Å². The lowest BCUT2D eigenvalue weighted by atomic mass is 10.1. The van der Waals surface area contributed by atoms with E-state index >= 15 is 0 Å². The molecule has 90 valence electrons. The van der Waals surface area contributed by atoms with Crippen LogP contribution >= 0.6 is 0 Å². The molecule has 2 aromatic rings. The summed E-state index contributed by atoms with van der Waals surface area (Å²) in [5, 5.41) is 5.50. The third-order valence-corrected chi connectivity index (χ3v) is 2.74. The third kappa shape index (κ3) is 1.73. The van der Waals surface area contributed by atoms with Crippen molar-refractivity contribution >= 4 is 10.8 Å². The van der Waals surface area contributed by atoms with Gasteiger partial charge in [-0.2, -0.15) is 5.10 Å². The van der Waals surface area contributed by atoms with Gasteiger partial charge in [-0.1, -0.05) is 0 Å². The number of benzene rings is 1. The monoisotopic (exact) mass is 234 g/mol. The molecule has 1 aromatic heterocycles. The maximum Gasteiger partial charge on any atom is 0.274 e. The Labute approximate surface area is 98.6 Å². The Balaban J connectivity index is 2.92. The molecule has 0 aliphatic carbocycles. The van der Waals surface area contributed by atoms with Gasteiger partial charge >= 0.3 is 0 Å². The number of methoxy groups -OCH3 is 2. The summed E-state index contributed by atoms with van der Waals surface area (Å²) in [6.07, 6.45) is 0. The summed E-state index contributed by atoms with van der Waals surface area (Å²) >= 11 is 0. The van der Waals surface area contributed by atoms with Crippen molar-refractivity contribution in [3.63, 3.8) is 0 Å². The maximum absolute atomic E-state index is 12.0. The Morgan fingerprint density at radius 1 is 1.12 bits per heavy atom. The van der Waals surface area contributed by atoms with Crippen molar-refractivity contribution < 1.29 is 9.47 Å². The zero-order chi connectivity index (χ0) is 12.6. The van der Waals surface area contributed by atoms with Crippen molar-refractivity contribution in [2.24, 2.45) is 7.05 Å². The summed E-state index contributed by atoms with van der Waals surface area (Å²) in [4.78, 5) is 12.0. The molecular formula is C12H14N2O3. The van der Waals surface area contributed by atoms with E-state index in [9.17, 15) is 4.79 Å². The van der Waals surface area contributed by atoms with Crippen LogP contribution in [0.1, 0.15) is 5.69 Å². The highest BCUT2D eigenvalue weighted by atomic mass is 16.5. The molecule has 17 heavy (non-hydrogen) atoms. The van der Waals surface area contributed by atoms with E-state index in [4.69, 9.17) is 9.47 Å². The van der Waals surface area contributed by atoms with Crippen molar-refractivity contribution in [2.45, 2.75) is 6.92 Å². The molecule has 0 spiro atoms. The Morgan fingerprint density at radius 3 is 2.18 bits per heavy atom. The highest BCUT2D eigenvalue weighted by Crippen LogP contribution is 2.31. The smallest absolute Gasteiger partial charge is 0.274 e. The quantitative estimate of drug-likeness (QED) is 0.785. The standard InChI is InChI=1S/C12H14N2O3/c1-7-8-5-10(16-3)11(17-4)6-9(8)12(15)14(2)13-7/h5-6H,1-4H3. The fourth-order valence-corrected chi connectivity index (χ4v) is 1.85. The van der Waals surface area contributed by atoms with Crippen LogP contribution in [-0.4, -0.2) is 24.0 Å². The molecule has 0 saturated carbocycles. The average molecular weight is 234 g/mol. The largest absolute Gasteiger partial charge is 0.493 e. The van der Waals surface area contributed by atoms with E-state index in [2.05, 4.69) is 5.10 Å². The second kappa shape index (κ2) is 4.08. The molecule has 0 fully saturated rings. The van der Waals surface area contributed by atoms with Crippen LogP contribution in [-0.2, 0) is 7.05 Å². The van der Waals surface area contributed by atoms with Gasteiger partial charge in [0.1, 0.15) is 0 Å². The van der Waals surface area contributed by atoms with Crippen molar-refractivity contribution in [1.29, 1.82) is 0 Å². The minimum Gasteiger partial charge on any atom is -0.493 e. The Morgan fingerprint density at radius 2 is 1.65 bits per heavy atom. The summed E-state index contributed by atoms with van der Waals surface area (Å²) in [6, 6.07) is 3.46. The molecule has 0 unspecified atom stereocenters. The minimum absolute atomic E-state index is 0.147. The number of aromatic nitrogens is 2. The fourth-order valence-electron chi connectivity index (χ4n) is 1.85. The minimum atomic E-state index is -0.147. The number of hydrogen-bond acceptors (Lipinski definition) is 4. The van der Waals surface area contributed by atoms with Crippen molar-refractivity contribution in [3.8, 4) is 11.5 Å². The molecule has 2 rings (SSSR count). The van der Waals surface area contributed by atoms with Gasteiger partial charge in [0, 0.05) is 12.4 Å². The molecule has 1 aromatic carbocycles. The van der Waals surface area contributed by atoms with Crippen molar-refractivity contribution in [2.75, 3.05) is 14.2 Å². The summed E-state index contributed by atoms with van der Waals surface area (Å²) in [7, 11) is 4.74. The lowest BCUT2D eigenvalue weighted by Crippen LogP contribution is -2.20. The molecule has 0 saturated heterocycles. The fraction of sp³-hybridized carbons (Fsp3) is 0.333. The van der Waals surface area contributed by atoms with Gasteiger partial charge in [-0.25, -0.2) is 4.68 Å². The van der Waals surface area contributed by atoms with Gasteiger partial charge in [0.2, 0.25) is 0 Å². The normalized spacial score (nSPS) is 10.6. The van der Waals surface area contributed by atoms with Crippen LogP contribution in [0, 0.1) is 6.92 Å².